The summed E-state index contributed by atoms with van der Waals surface area (Å²) in [5, 5.41) is 0. The molecule has 2 nitrogen and oxygen atoms in total. The smallest absolute Gasteiger partial charge is 0.182 e. The molecule has 0 amide bonds. The number of nitrogens with zero attached hydrogens (tertiary/aromatic N) is 1. The third-order valence-electron chi connectivity index (χ3n) is 4.12. The average molecular weight is 263 g/mol. The predicted molar refractivity (Wildman–Crippen MR) is 75.0 cm³/mol. The largest absolute Gasteiger partial charge is 0.292 e. The van der Waals surface area contributed by atoms with E-state index in [1.807, 2.05) is 13.8 Å². The Bertz CT molecular complexity index is 476. The van der Waals surface area contributed by atoms with Crippen molar-refractivity contribution in [3.63, 3.8) is 0 Å². The number of benzene rings is 1. The van der Waals surface area contributed by atoms with Crippen LogP contribution in [0.25, 0.3) is 0 Å². The van der Waals surface area contributed by atoms with Crippen molar-refractivity contribution in [2.24, 2.45) is 0 Å². The highest BCUT2D eigenvalue weighted by Crippen LogP contribution is 2.25. The molecular formula is C16H22FNO. The first-order chi connectivity index (χ1) is 8.93. The zero-order valence-corrected chi connectivity index (χ0v) is 12.0. The van der Waals surface area contributed by atoms with Crippen LogP contribution in [0.1, 0.15) is 49.0 Å². The van der Waals surface area contributed by atoms with Crippen LogP contribution in [0.15, 0.2) is 18.2 Å². The first-order valence-electron chi connectivity index (χ1n) is 6.99. The molecule has 0 unspecified atom stereocenters. The van der Waals surface area contributed by atoms with Gasteiger partial charge in [0.05, 0.1) is 5.54 Å². The van der Waals surface area contributed by atoms with Gasteiger partial charge in [-0.25, -0.2) is 4.39 Å². The quantitative estimate of drug-likeness (QED) is 0.777. The molecular weight excluding hydrogens is 241 g/mol. The van der Waals surface area contributed by atoms with E-state index in [9.17, 15) is 9.18 Å². The van der Waals surface area contributed by atoms with E-state index in [2.05, 4.69) is 4.90 Å². The molecule has 1 saturated heterocycles. The molecule has 1 aromatic carbocycles. The zero-order chi connectivity index (χ0) is 14.0. The molecule has 1 aliphatic heterocycles. The summed E-state index contributed by atoms with van der Waals surface area (Å²) in [6.45, 7) is 7.58. The lowest BCUT2D eigenvalue weighted by molar-refractivity contribution is 0.0579. The number of rotatable bonds is 3. The number of hydrogen-bond acceptors (Lipinski definition) is 2. The molecule has 1 heterocycles. The van der Waals surface area contributed by atoms with Crippen LogP contribution < -0.4 is 0 Å². The van der Waals surface area contributed by atoms with Crippen LogP contribution in [-0.4, -0.2) is 29.3 Å². The molecule has 0 bridgehead atoms. The van der Waals surface area contributed by atoms with E-state index >= 15 is 0 Å². The van der Waals surface area contributed by atoms with Gasteiger partial charge in [-0.2, -0.15) is 0 Å². The molecule has 0 saturated carbocycles. The van der Waals surface area contributed by atoms with E-state index in [0.717, 1.165) is 25.9 Å². The highest BCUT2D eigenvalue weighted by molar-refractivity contribution is 6.02. The summed E-state index contributed by atoms with van der Waals surface area (Å²) in [7, 11) is 0. The van der Waals surface area contributed by atoms with Crippen molar-refractivity contribution < 1.29 is 9.18 Å². The molecule has 0 spiro atoms. The Kier molecular flexibility index (Phi) is 4.04. The molecule has 104 valence electrons. The van der Waals surface area contributed by atoms with E-state index in [-0.39, 0.29) is 11.6 Å². The number of carbonyl (C=O) groups is 1. The Hall–Kier alpha value is -1.22. The van der Waals surface area contributed by atoms with Gasteiger partial charge in [0.2, 0.25) is 0 Å². The summed E-state index contributed by atoms with van der Waals surface area (Å²) in [6, 6.07) is 4.63. The molecule has 0 N–H and O–H groups in total. The van der Waals surface area contributed by atoms with Gasteiger partial charge < -0.3 is 0 Å². The van der Waals surface area contributed by atoms with E-state index in [1.54, 1.807) is 19.1 Å². The normalized spacial score (nSPS) is 17.5. The number of Topliss-reactive ketones (excluding diaryl/α,β-unsaturated/α-hetero) is 1. The minimum absolute atomic E-state index is 0.0810. The molecule has 3 heteroatoms. The molecule has 1 fully saturated rings. The molecule has 1 aromatic rings. The van der Waals surface area contributed by atoms with Crippen LogP contribution in [-0.2, 0) is 0 Å². The standard InChI is InChI=1S/C16H22FNO/c1-12-11-13(7-8-14(12)17)15(19)16(2,3)18-9-5-4-6-10-18/h7-8,11H,4-6,9-10H2,1-3H3. The van der Waals surface area contributed by atoms with Crippen molar-refractivity contribution in [1.29, 1.82) is 0 Å². The summed E-state index contributed by atoms with van der Waals surface area (Å²) in [4.78, 5) is 14.9. The van der Waals surface area contributed by atoms with Gasteiger partial charge in [0, 0.05) is 5.56 Å². The molecule has 0 atom stereocenters. The summed E-state index contributed by atoms with van der Waals surface area (Å²) in [6.07, 6.45) is 3.55. The number of likely N-dealkylation sites (tertiary alicyclic amines) is 1. The molecule has 1 aliphatic rings. The second kappa shape index (κ2) is 5.41. The van der Waals surface area contributed by atoms with Gasteiger partial charge in [0.15, 0.2) is 5.78 Å². The summed E-state index contributed by atoms with van der Waals surface area (Å²) >= 11 is 0. The number of carbonyl (C=O) groups excluding carboxylic acids is 1. The van der Waals surface area contributed by atoms with Crippen LogP contribution >= 0.6 is 0 Å². The maximum atomic E-state index is 13.3. The van der Waals surface area contributed by atoms with Crippen molar-refractivity contribution in [1.82, 2.24) is 4.90 Å². The fraction of sp³-hybridized carbons (Fsp3) is 0.562. The van der Waals surface area contributed by atoms with Crippen molar-refractivity contribution in [3.05, 3.63) is 35.1 Å². The van der Waals surface area contributed by atoms with E-state index < -0.39 is 5.54 Å². The highest BCUT2D eigenvalue weighted by Gasteiger charge is 2.35. The summed E-state index contributed by atoms with van der Waals surface area (Å²) in [5.41, 5.74) is 0.625. The minimum atomic E-state index is -0.509. The fourth-order valence-corrected chi connectivity index (χ4v) is 2.74. The summed E-state index contributed by atoms with van der Waals surface area (Å²) in [5.74, 6) is -0.176. The summed E-state index contributed by atoms with van der Waals surface area (Å²) < 4.78 is 13.3. The Morgan fingerprint density at radius 2 is 1.84 bits per heavy atom. The van der Waals surface area contributed by atoms with Crippen LogP contribution in [0, 0.1) is 12.7 Å². The first kappa shape index (κ1) is 14.2. The second-order valence-electron chi connectivity index (χ2n) is 5.90. The van der Waals surface area contributed by atoms with Crippen molar-refractivity contribution in [2.45, 2.75) is 45.6 Å². The Morgan fingerprint density at radius 3 is 2.42 bits per heavy atom. The number of piperidine rings is 1. The SMILES string of the molecule is Cc1cc(C(=O)C(C)(C)N2CCCCC2)ccc1F. The van der Waals surface area contributed by atoms with Gasteiger partial charge in [-0.3, -0.25) is 9.69 Å². The van der Waals surface area contributed by atoms with Gasteiger partial charge in [-0.1, -0.05) is 6.42 Å². The van der Waals surface area contributed by atoms with Gasteiger partial charge >= 0.3 is 0 Å². The molecule has 19 heavy (non-hydrogen) atoms. The third-order valence-corrected chi connectivity index (χ3v) is 4.12. The number of hydrogen-bond donors (Lipinski definition) is 0. The monoisotopic (exact) mass is 263 g/mol. The van der Waals surface area contributed by atoms with Gasteiger partial charge in [-0.15, -0.1) is 0 Å². The van der Waals surface area contributed by atoms with E-state index in [1.165, 1.54) is 12.5 Å². The Morgan fingerprint density at radius 1 is 1.21 bits per heavy atom. The van der Waals surface area contributed by atoms with Crippen LogP contribution in [0.5, 0.6) is 0 Å². The number of halogens is 1. The number of ketones is 1. The Labute approximate surface area is 114 Å². The Balaban J connectivity index is 2.23. The van der Waals surface area contributed by atoms with Crippen molar-refractivity contribution in [2.75, 3.05) is 13.1 Å². The van der Waals surface area contributed by atoms with Gasteiger partial charge in [0.25, 0.3) is 0 Å². The third kappa shape index (κ3) is 2.86. The predicted octanol–water partition coefficient (Wildman–Crippen LogP) is 3.58. The minimum Gasteiger partial charge on any atom is -0.292 e. The van der Waals surface area contributed by atoms with Crippen molar-refractivity contribution in [3.8, 4) is 0 Å². The van der Waals surface area contributed by atoms with Crippen molar-refractivity contribution >= 4 is 5.78 Å². The molecule has 0 aliphatic carbocycles. The molecule has 0 aromatic heterocycles. The van der Waals surface area contributed by atoms with E-state index in [0.29, 0.717) is 11.1 Å². The maximum Gasteiger partial charge on any atom is 0.182 e. The van der Waals surface area contributed by atoms with Gasteiger partial charge in [-0.05, 0) is 70.5 Å². The van der Waals surface area contributed by atoms with Gasteiger partial charge in [0.1, 0.15) is 5.82 Å². The maximum absolute atomic E-state index is 13.3. The lowest BCUT2D eigenvalue weighted by atomic mass is 9.89. The van der Waals surface area contributed by atoms with Crippen LogP contribution in [0.2, 0.25) is 0 Å². The molecule has 0 radical (unpaired) electrons. The van der Waals surface area contributed by atoms with Crippen LogP contribution in [0.3, 0.4) is 0 Å². The topological polar surface area (TPSA) is 20.3 Å². The number of aryl methyl sites for hydroxylation is 1. The lowest BCUT2D eigenvalue weighted by Crippen LogP contribution is -2.52. The highest BCUT2D eigenvalue weighted by atomic mass is 19.1. The van der Waals surface area contributed by atoms with E-state index in [4.69, 9.17) is 0 Å². The zero-order valence-electron chi connectivity index (χ0n) is 12.0. The second-order valence-corrected chi connectivity index (χ2v) is 5.90. The average Bonchev–Trinajstić information content (AvgIpc) is 2.42. The van der Waals surface area contributed by atoms with Crippen LogP contribution in [0.4, 0.5) is 4.39 Å². The first-order valence-corrected chi connectivity index (χ1v) is 6.99. The lowest BCUT2D eigenvalue weighted by Gasteiger charge is -2.39. The molecule has 2 rings (SSSR count). The fourth-order valence-electron chi connectivity index (χ4n) is 2.74.